The molecule has 0 aromatic rings. The molecule has 0 aromatic heterocycles. The van der Waals surface area contributed by atoms with Crippen LogP contribution in [0.3, 0.4) is 0 Å². The molecule has 0 spiro atoms. The van der Waals surface area contributed by atoms with Gasteiger partial charge in [0.1, 0.15) is 0 Å². The van der Waals surface area contributed by atoms with Gasteiger partial charge in [0.15, 0.2) is 0 Å². The fourth-order valence-corrected chi connectivity index (χ4v) is 2.58. The molecule has 2 aliphatic rings. The van der Waals surface area contributed by atoms with Crippen LogP contribution in [0.5, 0.6) is 0 Å². The highest BCUT2D eigenvalue weighted by molar-refractivity contribution is 5.86. The second kappa shape index (κ2) is 4.49. The first-order valence-corrected chi connectivity index (χ1v) is 6.01. The van der Waals surface area contributed by atoms with Crippen molar-refractivity contribution < 1.29 is 4.79 Å². The lowest BCUT2D eigenvalue weighted by molar-refractivity contribution is -0.138. The van der Waals surface area contributed by atoms with Crippen molar-refractivity contribution in [2.45, 2.75) is 37.6 Å². The molecule has 0 atom stereocenters. The summed E-state index contributed by atoms with van der Waals surface area (Å²) in [6, 6.07) is 0. The van der Waals surface area contributed by atoms with Gasteiger partial charge in [0.05, 0.1) is 5.54 Å². The van der Waals surface area contributed by atoms with Crippen LogP contribution < -0.4 is 11.1 Å². The largest absolute Gasteiger partial charge is 0.339 e. The van der Waals surface area contributed by atoms with E-state index >= 15 is 0 Å². The molecule has 1 saturated heterocycles. The Morgan fingerprint density at radius 3 is 2.33 bits per heavy atom. The van der Waals surface area contributed by atoms with Gasteiger partial charge in [0, 0.05) is 26.2 Å². The van der Waals surface area contributed by atoms with Gasteiger partial charge in [0.25, 0.3) is 0 Å². The van der Waals surface area contributed by atoms with E-state index in [1.54, 1.807) is 0 Å². The SMILES string of the molecule is NC1(C(=O)N2CCNCC2)CCCCC1. The summed E-state index contributed by atoms with van der Waals surface area (Å²) >= 11 is 0. The van der Waals surface area contributed by atoms with Crippen LogP contribution in [0.25, 0.3) is 0 Å². The molecule has 0 bridgehead atoms. The Hall–Kier alpha value is -0.610. The number of nitrogens with zero attached hydrogens (tertiary/aromatic N) is 1. The van der Waals surface area contributed by atoms with Crippen LogP contribution in [-0.2, 0) is 4.79 Å². The molecule has 0 unspecified atom stereocenters. The van der Waals surface area contributed by atoms with Crippen molar-refractivity contribution in [2.24, 2.45) is 5.73 Å². The van der Waals surface area contributed by atoms with Gasteiger partial charge in [-0.3, -0.25) is 4.79 Å². The zero-order valence-electron chi connectivity index (χ0n) is 9.30. The number of hydrogen-bond acceptors (Lipinski definition) is 3. The van der Waals surface area contributed by atoms with Gasteiger partial charge < -0.3 is 16.0 Å². The fourth-order valence-electron chi connectivity index (χ4n) is 2.58. The molecule has 3 N–H and O–H groups in total. The Labute approximate surface area is 91.2 Å². The lowest BCUT2D eigenvalue weighted by Crippen LogP contribution is -2.59. The van der Waals surface area contributed by atoms with E-state index in [0.29, 0.717) is 0 Å². The third kappa shape index (κ3) is 2.32. The monoisotopic (exact) mass is 211 g/mol. The smallest absolute Gasteiger partial charge is 0.242 e. The van der Waals surface area contributed by atoms with Crippen molar-refractivity contribution in [1.82, 2.24) is 10.2 Å². The van der Waals surface area contributed by atoms with Gasteiger partial charge in [-0.2, -0.15) is 0 Å². The standard InChI is InChI=1S/C11H21N3O/c12-11(4-2-1-3-5-11)10(15)14-8-6-13-7-9-14/h13H,1-9,12H2. The number of piperazine rings is 1. The van der Waals surface area contributed by atoms with Crippen molar-refractivity contribution in [2.75, 3.05) is 26.2 Å². The van der Waals surface area contributed by atoms with E-state index in [2.05, 4.69) is 5.32 Å². The minimum absolute atomic E-state index is 0.184. The Bertz CT molecular complexity index is 230. The molecule has 2 rings (SSSR count). The lowest BCUT2D eigenvalue weighted by atomic mass is 9.81. The Kier molecular flexibility index (Phi) is 3.26. The van der Waals surface area contributed by atoms with Crippen molar-refractivity contribution in [3.05, 3.63) is 0 Å². The summed E-state index contributed by atoms with van der Waals surface area (Å²) in [5.74, 6) is 0.184. The summed E-state index contributed by atoms with van der Waals surface area (Å²) in [6.07, 6.45) is 5.18. The Balaban J connectivity index is 1.98. The average Bonchev–Trinajstić information content (AvgIpc) is 2.30. The average molecular weight is 211 g/mol. The number of carbonyl (C=O) groups excluding carboxylic acids is 1. The van der Waals surface area contributed by atoms with E-state index in [0.717, 1.165) is 51.9 Å². The zero-order valence-corrected chi connectivity index (χ0v) is 9.30. The maximum Gasteiger partial charge on any atom is 0.242 e. The Morgan fingerprint density at radius 1 is 1.13 bits per heavy atom. The summed E-state index contributed by atoms with van der Waals surface area (Å²) in [4.78, 5) is 14.2. The van der Waals surface area contributed by atoms with E-state index in [1.807, 2.05) is 4.90 Å². The normalized spacial score (nSPS) is 26.3. The van der Waals surface area contributed by atoms with Gasteiger partial charge in [-0.15, -0.1) is 0 Å². The number of rotatable bonds is 1. The van der Waals surface area contributed by atoms with Gasteiger partial charge in [-0.05, 0) is 12.8 Å². The lowest BCUT2D eigenvalue weighted by Gasteiger charge is -2.38. The summed E-state index contributed by atoms with van der Waals surface area (Å²) in [6.45, 7) is 3.44. The molecule has 1 heterocycles. The van der Waals surface area contributed by atoms with Crippen LogP contribution >= 0.6 is 0 Å². The van der Waals surface area contributed by atoms with E-state index < -0.39 is 5.54 Å². The van der Waals surface area contributed by atoms with Crippen molar-refractivity contribution >= 4 is 5.91 Å². The maximum atomic E-state index is 12.2. The second-order valence-electron chi connectivity index (χ2n) is 4.76. The molecule has 1 aliphatic carbocycles. The molecule has 1 aliphatic heterocycles. The van der Waals surface area contributed by atoms with Gasteiger partial charge >= 0.3 is 0 Å². The van der Waals surface area contributed by atoms with E-state index in [4.69, 9.17) is 5.73 Å². The number of nitrogens with one attached hydrogen (secondary N) is 1. The van der Waals surface area contributed by atoms with Crippen LogP contribution in [0, 0.1) is 0 Å². The first-order valence-electron chi connectivity index (χ1n) is 6.01. The van der Waals surface area contributed by atoms with Crippen molar-refractivity contribution in [1.29, 1.82) is 0 Å². The molecule has 0 aromatic carbocycles. The van der Waals surface area contributed by atoms with E-state index in [-0.39, 0.29) is 5.91 Å². The second-order valence-corrected chi connectivity index (χ2v) is 4.76. The van der Waals surface area contributed by atoms with Crippen LogP contribution in [0.4, 0.5) is 0 Å². The van der Waals surface area contributed by atoms with Crippen molar-refractivity contribution in [3.8, 4) is 0 Å². The van der Waals surface area contributed by atoms with Crippen molar-refractivity contribution in [3.63, 3.8) is 0 Å². The highest BCUT2D eigenvalue weighted by atomic mass is 16.2. The van der Waals surface area contributed by atoms with E-state index in [9.17, 15) is 4.79 Å². The third-order valence-corrected chi connectivity index (χ3v) is 3.58. The molecular weight excluding hydrogens is 190 g/mol. The number of hydrogen-bond donors (Lipinski definition) is 2. The van der Waals surface area contributed by atoms with Gasteiger partial charge in [-0.25, -0.2) is 0 Å². The highest BCUT2D eigenvalue weighted by Gasteiger charge is 2.38. The molecule has 15 heavy (non-hydrogen) atoms. The van der Waals surface area contributed by atoms with Crippen LogP contribution in [0.1, 0.15) is 32.1 Å². The first-order chi connectivity index (χ1) is 7.22. The highest BCUT2D eigenvalue weighted by Crippen LogP contribution is 2.27. The van der Waals surface area contributed by atoms with Crippen LogP contribution in [0.2, 0.25) is 0 Å². The summed E-state index contributed by atoms with van der Waals surface area (Å²) in [5.41, 5.74) is 5.68. The molecule has 4 nitrogen and oxygen atoms in total. The number of carbonyl (C=O) groups is 1. The maximum absolute atomic E-state index is 12.2. The molecular formula is C11H21N3O. The Morgan fingerprint density at radius 2 is 1.73 bits per heavy atom. The molecule has 1 amide bonds. The molecule has 1 saturated carbocycles. The minimum atomic E-state index is -0.546. The molecule has 2 fully saturated rings. The number of nitrogens with two attached hydrogens (primary N) is 1. The molecule has 4 heteroatoms. The number of amides is 1. The quantitative estimate of drug-likeness (QED) is 0.646. The first kappa shape index (κ1) is 10.9. The predicted octanol–water partition coefficient (Wildman–Crippen LogP) is 0.0798. The van der Waals surface area contributed by atoms with E-state index in [1.165, 1.54) is 6.42 Å². The molecule has 0 radical (unpaired) electrons. The predicted molar refractivity (Wildman–Crippen MR) is 59.5 cm³/mol. The van der Waals surface area contributed by atoms with Crippen LogP contribution in [-0.4, -0.2) is 42.5 Å². The topological polar surface area (TPSA) is 58.4 Å². The van der Waals surface area contributed by atoms with Crippen LogP contribution in [0.15, 0.2) is 0 Å². The van der Waals surface area contributed by atoms with Gasteiger partial charge in [0.2, 0.25) is 5.91 Å². The molecule has 86 valence electrons. The zero-order chi connectivity index (χ0) is 10.7. The summed E-state index contributed by atoms with van der Waals surface area (Å²) < 4.78 is 0. The summed E-state index contributed by atoms with van der Waals surface area (Å²) in [5, 5.41) is 3.25. The third-order valence-electron chi connectivity index (χ3n) is 3.58. The minimum Gasteiger partial charge on any atom is -0.339 e. The fraction of sp³-hybridized carbons (Fsp3) is 0.909. The summed E-state index contributed by atoms with van der Waals surface area (Å²) in [7, 11) is 0. The van der Waals surface area contributed by atoms with Gasteiger partial charge in [-0.1, -0.05) is 19.3 Å².